The first-order chi connectivity index (χ1) is 24.6. The molecule has 14 heteroatoms. The monoisotopic (exact) mass is 766 g/mol. The van der Waals surface area contributed by atoms with Crippen LogP contribution < -0.4 is 10.6 Å². The topological polar surface area (TPSA) is 148 Å². The smallest absolute Gasteiger partial charge is 0.460 e. The summed E-state index contributed by atoms with van der Waals surface area (Å²) >= 11 is 0. The molecule has 0 spiro atoms. The van der Waals surface area contributed by atoms with E-state index in [1.165, 1.54) is 12.1 Å². The Hall–Kier alpha value is -3.49. The van der Waals surface area contributed by atoms with E-state index in [2.05, 4.69) is 5.32 Å². The van der Waals surface area contributed by atoms with Crippen LogP contribution in [0, 0.1) is 40.9 Å². The maximum atomic E-state index is 13.9. The summed E-state index contributed by atoms with van der Waals surface area (Å²) in [5.41, 5.74) is -0.362. The van der Waals surface area contributed by atoms with Crippen LogP contribution in [0.15, 0.2) is 53.4 Å². The summed E-state index contributed by atoms with van der Waals surface area (Å²) in [6.45, 7) is 13.0. The molecule has 0 aromatic heterocycles. The summed E-state index contributed by atoms with van der Waals surface area (Å²) in [6.07, 6.45) is -4.63. The lowest BCUT2D eigenvalue weighted by atomic mass is 9.48. The molecule has 0 bridgehead atoms. The molecule has 2 aliphatic rings. The van der Waals surface area contributed by atoms with E-state index < -0.39 is 69.1 Å². The zero-order valence-corrected chi connectivity index (χ0v) is 32.3. The molecule has 4 rings (SSSR count). The fourth-order valence-electron chi connectivity index (χ4n) is 8.58. The number of amides is 1. The Morgan fingerprint density at radius 2 is 1.68 bits per heavy atom. The van der Waals surface area contributed by atoms with Gasteiger partial charge in [0.05, 0.1) is 11.0 Å². The molecule has 0 saturated heterocycles. The lowest BCUT2D eigenvalue weighted by Crippen LogP contribution is -2.60. The Morgan fingerprint density at radius 1 is 1.06 bits per heavy atom. The van der Waals surface area contributed by atoms with E-state index in [4.69, 9.17) is 8.92 Å². The summed E-state index contributed by atoms with van der Waals surface area (Å²) in [7, 11) is -4.27. The predicted octanol–water partition coefficient (Wildman–Crippen LogP) is 6.74. The van der Waals surface area contributed by atoms with E-state index in [0.29, 0.717) is 43.5 Å². The van der Waals surface area contributed by atoms with E-state index in [-0.39, 0.29) is 35.5 Å². The number of Topliss-reactive ketones (excluding diaryl/α,β-unsaturated/α-hetero) is 1. The van der Waals surface area contributed by atoms with Gasteiger partial charge in [-0.2, -0.15) is 21.6 Å². The first-order valence-corrected chi connectivity index (χ1v) is 19.5. The number of hydrogen-bond acceptors (Lipinski definition) is 9. The van der Waals surface area contributed by atoms with Crippen LogP contribution in [0.25, 0.3) is 0 Å². The molecule has 2 fully saturated rings. The molecule has 53 heavy (non-hydrogen) atoms. The molecule has 10 nitrogen and oxygen atoms in total. The van der Waals surface area contributed by atoms with Gasteiger partial charge in [-0.05, 0) is 78.7 Å². The predicted molar refractivity (Wildman–Crippen MR) is 193 cm³/mol. The summed E-state index contributed by atoms with van der Waals surface area (Å²) < 4.78 is 74.9. The normalized spacial score (nSPS) is 29.8. The van der Waals surface area contributed by atoms with Gasteiger partial charge in [0.1, 0.15) is 11.9 Å². The van der Waals surface area contributed by atoms with Crippen molar-refractivity contribution in [2.75, 3.05) is 18.5 Å². The first kappa shape index (κ1) is 42.3. The highest BCUT2D eigenvalue weighted by Crippen LogP contribution is 2.63. The number of hydrogen-bond donors (Lipinski definition) is 3. The van der Waals surface area contributed by atoms with Gasteiger partial charge in [0.15, 0.2) is 6.61 Å². The van der Waals surface area contributed by atoms with Gasteiger partial charge < -0.3 is 20.5 Å². The largest absolute Gasteiger partial charge is 0.471 e. The number of anilines is 1. The number of aliphatic hydroxyl groups excluding tert-OH is 1. The summed E-state index contributed by atoms with van der Waals surface area (Å²) in [5, 5.41) is 17.3. The number of aliphatic hydroxyl groups is 1. The second-order valence-corrected chi connectivity index (χ2v) is 17.3. The number of benzene rings is 2. The van der Waals surface area contributed by atoms with Crippen molar-refractivity contribution in [1.82, 2.24) is 5.32 Å². The van der Waals surface area contributed by atoms with Crippen LogP contribution in [0.4, 0.5) is 18.9 Å². The molecule has 0 unspecified atom stereocenters. The van der Waals surface area contributed by atoms with Crippen LogP contribution in [0.2, 0.25) is 0 Å². The van der Waals surface area contributed by atoms with E-state index in [1.807, 2.05) is 53.8 Å². The Labute approximate surface area is 310 Å². The molecule has 2 aliphatic carbocycles. The van der Waals surface area contributed by atoms with Crippen molar-refractivity contribution in [2.24, 2.45) is 34.0 Å². The van der Waals surface area contributed by atoms with Crippen LogP contribution in [-0.4, -0.2) is 62.7 Å². The van der Waals surface area contributed by atoms with Gasteiger partial charge in [0, 0.05) is 36.5 Å². The zero-order chi connectivity index (χ0) is 39.6. The molecule has 294 valence electrons. The van der Waals surface area contributed by atoms with E-state index in [1.54, 1.807) is 36.4 Å². The molecule has 0 radical (unpaired) electrons. The van der Waals surface area contributed by atoms with Crippen LogP contribution >= 0.6 is 0 Å². The lowest BCUT2D eigenvalue weighted by molar-refractivity contribution is -0.197. The number of ether oxygens (including phenoxy) is 1. The molecular formula is C39H53F3N2O8S. The van der Waals surface area contributed by atoms with Gasteiger partial charge in [0.25, 0.3) is 10.1 Å². The van der Waals surface area contributed by atoms with Crippen LogP contribution in [0.1, 0.15) is 84.8 Å². The maximum Gasteiger partial charge on any atom is 0.471 e. The number of esters is 1. The van der Waals surface area contributed by atoms with Crippen LogP contribution in [-0.2, 0) is 40.0 Å². The Kier molecular flexibility index (Phi) is 12.8. The zero-order valence-electron chi connectivity index (χ0n) is 31.5. The molecule has 3 N–H and O–H groups in total. The second kappa shape index (κ2) is 16.1. The van der Waals surface area contributed by atoms with Crippen molar-refractivity contribution in [1.29, 1.82) is 0 Å². The summed E-state index contributed by atoms with van der Waals surface area (Å²) in [5.74, 6) is -3.81. The minimum atomic E-state index is -4.97. The third-order valence-corrected chi connectivity index (χ3v) is 13.6. The number of alkyl halides is 3. The molecule has 8 atom stereocenters. The van der Waals surface area contributed by atoms with Gasteiger partial charge >= 0.3 is 18.1 Å². The fourth-order valence-corrected chi connectivity index (χ4v) is 9.44. The molecule has 2 aromatic carbocycles. The number of rotatable bonds is 13. The van der Waals surface area contributed by atoms with Gasteiger partial charge in [-0.15, -0.1) is 0 Å². The highest BCUT2D eigenvalue weighted by molar-refractivity contribution is 7.86. The molecular weight excluding hydrogens is 713 g/mol. The highest BCUT2D eigenvalue weighted by atomic mass is 32.2. The minimum Gasteiger partial charge on any atom is -0.460 e. The number of carbonyl (C=O) groups is 3. The van der Waals surface area contributed by atoms with Gasteiger partial charge in [-0.25, -0.2) is 4.79 Å². The van der Waals surface area contributed by atoms with Crippen molar-refractivity contribution in [3.8, 4) is 0 Å². The average molecular weight is 767 g/mol. The number of halogens is 3. The van der Waals surface area contributed by atoms with Crippen molar-refractivity contribution in [2.45, 2.75) is 110 Å². The van der Waals surface area contributed by atoms with Crippen molar-refractivity contribution >= 4 is 33.5 Å². The molecule has 0 heterocycles. The molecule has 2 aromatic rings. The number of fused-ring (bicyclic) bond motifs is 1. The number of nitrogens with one attached hydrogen (secondary N) is 2. The fraction of sp³-hybridized carbons (Fsp3) is 0.615. The Balaban J connectivity index is 1.59. The SMILES string of the molecule is CC[C@@H](C)[C@]1(C)[C@@H]2C(=O)CC[C@@]2(C)[C@@H](C)[C@H](O)[C@@](C)(CCNc2ccc(CNC(=O)C(F)(F)F)cc2)C[C@H]1OC(=O)COS(=O)(=O)c1ccc(C)cc1. The van der Waals surface area contributed by atoms with Crippen molar-refractivity contribution in [3.63, 3.8) is 0 Å². The van der Waals surface area contributed by atoms with Gasteiger partial charge in [-0.3, -0.25) is 13.8 Å². The lowest BCUT2D eigenvalue weighted by Gasteiger charge is -2.58. The van der Waals surface area contributed by atoms with Crippen LogP contribution in [0.5, 0.6) is 0 Å². The van der Waals surface area contributed by atoms with Gasteiger partial charge in [-0.1, -0.05) is 77.8 Å². The van der Waals surface area contributed by atoms with E-state index >= 15 is 0 Å². The van der Waals surface area contributed by atoms with Crippen molar-refractivity contribution in [3.05, 3.63) is 59.7 Å². The third-order valence-electron chi connectivity index (χ3n) is 12.4. The number of ketones is 1. The highest BCUT2D eigenvalue weighted by Gasteiger charge is 2.64. The van der Waals surface area contributed by atoms with Crippen molar-refractivity contribution < 1.29 is 50.0 Å². The molecule has 1 amide bonds. The van der Waals surface area contributed by atoms with Gasteiger partial charge in [0.2, 0.25) is 0 Å². The third kappa shape index (κ3) is 9.08. The Bertz CT molecular complexity index is 1740. The molecule has 0 aliphatic heterocycles. The average Bonchev–Trinajstić information content (AvgIpc) is 3.42. The first-order valence-electron chi connectivity index (χ1n) is 18.1. The quantitative estimate of drug-likeness (QED) is 0.149. The van der Waals surface area contributed by atoms with E-state index in [0.717, 1.165) is 5.56 Å². The maximum absolute atomic E-state index is 13.9. The minimum absolute atomic E-state index is 0.0558. The Morgan fingerprint density at radius 3 is 2.26 bits per heavy atom. The number of carbonyl (C=O) groups excluding carboxylic acids is 3. The number of aryl methyl sites for hydroxylation is 1. The second-order valence-electron chi connectivity index (χ2n) is 15.7. The summed E-state index contributed by atoms with van der Waals surface area (Å²) in [4.78, 5) is 38.5. The van der Waals surface area contributed by atoms with Crippen LogP contribution in [0.3, 0.4) is 0 Å². The summed E-state index contributed by atoms with van der Waals surface area (Å²) in [6, 6.07) is 12.6. The standard InChI is InChI=1S/C39H53F3N2O8S/c1-8-25(3)38(7)31(52-32(46)23-51-53(49,50)29-15-9-24(2)10-16-29)21-36(5,34(47)26(4)37(6)18-17-30(45)33(37)38)19-20-43-28-13-11-27(12-14-28)22-44-35(48)39(40,41)42/h9-16,25-26,31,33-34,43,47H,8,17-23H2,1-7H3,(H,44,48)/t25-,26+,31-,33-,34+,36+,37+,38+/m1/s1. The molecule has 2 saturated carbocycles. The van der Waals surface area contributed by atoms with E-state index in [9.17, 15) is 41.1 Å².